The third kappa shape index (κ3) is 24.5. The van der Waals surface area contributed by atoms with Gasteiger partial charge in [0.2, 0.25) is 11.8 Å². The van der Waals surface area contributed by atoms with E-state index in [1.807, 2.05) is 0 Å². The van der Waals surface area contributed by atoms with E-state index in [1.54, 1.807) is 0 Å². The largest absolute Gasteiger partial charge is 0.466 e. The number of nitrogens with one attached hydrogen (secondary N) is 2. The van der Waals surface area contributed by atoms with Crippen LogP contribution in [0.1, 0.15) is 71.1 Å². The molecule has 10 nitrogen and oxygen atoms in total. The van der Waals surface area contributed by atoms with Gasteiger partial charge in [0.1, 0.15) is 12.1 Å². The van der Waals surface area contributed by atoms with Crippen molar-refractivity contribution in [3.8, 4) is 0 Å². The Morgan fingerprint density at radius 1 is 0.767 bits per heavy atom. The van der Waals surface area contributed by atoms with E-state index < -0.39 is 43.2 Å². The molecule has 240 valence electrons. The van der Waals surface area contributed by atoms with Gasteiger partial charge in [-0.3, -0.25) is 9.59 Å². The van der Waals surface area contributed by atoms with Crippen LogP contribution in [0, 0.1) is 0 Å². The second kappa shape index (κ2) is 28.4. The van der Waals surface area contributed by atoms with Crippen LogP contribution in [0.25, 0.3) is 0 Å². The van der Waals surface area contributed by atoms with Crippen molar-refractivity contribution in [1.29, 1.82) is 0 Å². The number of unbranched alkanes of at least 4 members (excludes halogenated alkanes) is 1. The summed E-state index contributed by atoms with van der Waals surface area (Å²) in [5, 5.41) is 23.5. The minimum Gasteiger partial charge on any atom is -0.466 e. The maximum Gasteiger partial charge on any atom is 0.330 e. The summed E-state index contributed by atoms with van der Waals surface area (Å²) in [7, 11) is 1.16. The van der Waals surface area contributed by atoms with Gasteiger partial charge in [0, 0.05) is 25.1 Å². The molecule has 0 radical (unpaired) electrons. The quantitative estimate of drug-likeness (QED) is 0.0562. The first-order valence-electron chi connectivity index (χ1n) is 14.9. The number of amides is 2. The lowest BCUT2D eigenvalue weighted by molar-refractivity contribution is -0.157. The van der Waals surface area contributed by atoms with Gasteiger partial charge in [-0.25, -0.2) is 9.59 Å². The fraction of sp³-hybridized carbons (Fsp3) is 0.515. The fourth-order valence-corrected chi connectivity index (χ4v) is 3.43. The van der Waals surface area contributed by atoms with Gasteiger partial charge < -0.3 is 30.3 Å². The highest BCUT2D eigenvalue weighted by Gasteiger charge is 2.24. The molecular weight excluding hydrogens is 552 g/mol. The summed E-state index contributed by atoms with van der Waals surface area (Å²) in [5.74, 6) is -2.43. The van der Waals surface area contributed by atoms with Crippen LogP contribution in [0.2, 0.25) is 0 Å². The van der Waals surface area contributed by atoms with Gasteiger partial charge in [0.25, 0.3) is 0 Å². The first kappa shape index (κ1) is 39.2. The number of rotatable bonds is 24. The molecule has 1 atom stereocenters. The van der Waals surface area contributed by atoms with E-state index in [2.05, 4.69) is 83.1 Å². The molecule has 1 unspecified atom stereocenters. The van der Waals surface area contributed by atoms with Crippen molar-refractivity contribution in [3.63, 3.8) is 0 Å². The number of hydrogen-bond acceptors (Lipinski definition) is 8. The van der Waals surface area contributed by atoms with Crippen LogP contribution in [-0.4, -0.2) is 73.0 Å². The van der Waals surface area contributed by atoms with Gasteiger partial charge in [-0.05, 0) is 57.8 Å². The zero-order valence-corrected chi connectivity index (χ0v) is 25.6. The molecule has 0 aliphatic heterocycles. The zero-order valence-electron chi connectivity index (χ0n) is 25.6. The standard InChI is InChI=1S/C33H50N2O8/c1-3-4-5-6-7-8-9-10-11-12-13-14-15-16-17-18-19-22-30(38)34-25-20-21-29(33(41)43-28(26-36)27-37)35-31(39)23-24-32(40)42-2/h4-5,7-8,10-11,13-14,16-17,23-24,28-29,36-37H,3,6,9,12,15,18-22,25-27H2,1-2H3,(H,34,38)(H,35,39). The average Bonchev–Trinajstić information content (AvgIpc) is 3.01. The number of hydrogen-bond donors (Lipinski definition) is 4. The molecule has 0 aromatic carbocycles. The summed E-state index contributed by atoms with van der Waals surface area (Å²) in [5.41, 5.74) is 0. The summed E-state index contributed by atoms with van der Waals surface area (Å²) < 4.78 is 9.43. The van der Waals surface area contributed by atoms with Crippen LogP contribution in [0.5, 0.6) is 0 Å². The summed E-state index contributed by atoms with van der Waals surface area (Å²) >= 11 is 0. The predicted octanol–water partition coefficient (Wildman–Crippen LogP) is 3.91. The molecule has 4 N–H and O–H groups in total. The summed E-state index contributed by atoms with van der Waals surface area (Å²) in [6.45, 7) is 1.24. The molecular formula is C33H50N2O8. The minimum absolute atomic E-state index is 0.114. The molecule has 0 bridgehead atoms. The molecule has 0 aromatic heterocycles. The van der Waals surface area contributed by atoms with E-state index in [1.165, 1.54) is 0 Å². The lowest BCUT2D eigenvalue weighted by Gasteiger charge is -2.20. The van der Waals surface area contributed by atoms with E-state index in [0.29, 0.717) is 19.3 Å². The Kier molecular flexibility index (Phi) is 25.9. The van der Waals surface area contributed by atoms with E-state index >= 15 is 0 Å². The Bertz CT molecular complexity index is 962. The Morgan fingerprint density at radius 2 is 1.33 bits per heavy atom. The number of methoxy groups -OCH3 is 1. The van der Waals surface area contributed by atoms with E-state index in [-0.39, 0.29) is 18.9 Å². The Balaban J connectivity index is 4.25. The van der Waals surface area contributed by atoms with Crippen LogP contribution < -0.4 is 10.6 Å². The monoisotopic (exact) mass is 602 g/mol. The van der Waals surface area contributed by atoms with Gasteiger partial charge in [-0.1, -0.05) is 67.7 Å². The second-order valence-corrected chi connectivity index (χ2v) is 9.43. The van der Waals surface area contributed by atoms with Gasteiger partial charge >= 0.3 is 11.9 Å². The smallest absolute Gasteiger partial charge is 0.330 e. The normalized spacial score (nSPS) is 12.9. The molecule has 0 heterocycles. The Labute approximate surface area is 256 Å². The Hall–Kier alpha value is -3.76. The lowest BCUT2D eigenvalue weighted by atomic mass is 10.1. The van der Waals surface area contributed by atoms with Crippen LogP contribution in [0.4, 0.5) is 0 Å². The van der Waals surface area contributed by atoms with Crippen LogP contribution in [-0.2, 0) is 28.7 Å². The number of carbonyl (C=O) groups is 4. The van der Waals surface area contributed by atoms with Crippen molar-refractivity contribution in [2.45, 2.75) is 83.3 Å². The van der Waals surface area contributed by atoms with Crippen LogP contribution in [0.3, 0.4) is 0 Å². The van der Waals surface area contributed by atoms with Crippen molar-refractivity contribution >= 4 is 23.8 Å². The van der Waals surface area contributed by atoms with Crippen LogP contribution >= 0.6 is 0 Å². The molecule has 10 heteroatoms. The molecule has 0 aliphatic carbocycles. The number of allylic oxidation sites excluding steroid dienone is 10. The molecule has 0 rings (SSSR count). The zero-order chi connectivity index (χ0) is 32.0. The third-order valence-corrected chi connectivity index (χ3v) is 5.79. The molecule has 0 aromatic rings. The fourth-order valence-electron chi connectivity index (χ4n) is 3.43. The number of esters is 2. The molecule has 0 saturated carbocycles. The van der Waals surface area contributed by atoms with Crippen LogP contribution in [0.15, 0.2) is 72.9 Å². The van der Waals surface area contributed by atoms with E-state index in [0.717, 1.165) is 57.8 Å². The number of aliphatic hydroxyl groups is 2. The van der Waals surface area contributed by atoms with Crippen molar-refractivity contribution in [2.75, 3.05) is 26.9 Å². The highest BCUT2D eigenvalue weighted by Crippen LogP contribution is 2.04. The molecule has 43 heavy (non-hydrogen) atoms. The van der Waals surface area contributed by atoms with Gasteiger partial charge in [0.15, 0.2) is 0 Å². The van der Waals surface area contributed by atoms with E-state index in [4.69, 9.17) is 14.9 Å². The van der Waals surface area contributed by atoms with Gasteiger partial charge in [0.05, 0.1) is 20.3 Å². The molecule has 0 spiro atoms. The lowest BCUT2D eigenvalue weighted by Crippen LogP contribution is -2.44. The second-order valence-electron chi connectivity index (χ2n) is 9.43. The summed E-state index contributed by atoms with van der Waals surface area (Å²) in [4.78, 5) is 47.8. The van der Waals surface area contributed by atoms with Gasteiger partial charge in [-0.15, -0.1) is 0 Å². The van der Waals surface area contributed by atoms with Crippen molar-refractivity contribution in [1.82, 2.24) is 10.6 Å². The van der Waals surface area contributed by atoms with Crippen molar-refractivity contribution in [2.24, 2.45) is 0 Å². The molecule has 0 fully saturated rings. The van der Waals surface area contributed by atoms with E-state index in [9.17, 15) is 19.2 Å². The summed E-state index contributed by atoms with van der Waals surface area (Å²) in [6.07, 6.45) is 29.2. The summed E-state index contributed by atoms with van der Waals surface area (Å²) in [6, 6.07) is -1.11. The predicted molar refractivity (Wildman–Crippen MR) is 168 cm³/mol. The number of aliphatic hydroxyl groups excluding tert-OH is 2. The maximum atomic E-state index is 12.4. The Morgan fingerprint density at radius 3 is 1.86 bits per heavy atom. The number of carbonyl (C=O) groups excluding carboxylic acids is 4. The average molecular weight is 603 g/mol. The minimum atomic E-state index is -1.12. The highest BCUT2D eigenvalue weighted by molar-refractivity contribution is 5.96. The first-order chi connectivity index (χ1) is 20.9. The van der Waals surface area contributed by atoms with Crippen molar-refractivity contribution < 1.29 is 38.9 Å². The third-order valence-electron chi connectivity index (χ3n) is 5.79. The molecule has 0 aliphatic rings. The molecule has 2 amide bonds. The topological polar surface area (TPSA) is 151 Å². The molecule has 0 saturated heterocycles. The highest BCUT2D eigenvalue weighted by atomic mass is 16.6. The number of ether oxygens (including phenoxy) is 2. The first-order valence-corrected chi connectivity index (χ1v) is 14.9. The SMILES string of the molecule is CCC=CCC=CCC=CCC=CCC=CCCCC(=O)NCCCC(NC(=O)C=CC(=O)OC)C(=O)OC(CO)CO. The maximum absolute atomic E-state index is 12.4. The van der Waals surface area contributed by atoms with Gasteiger partial charge in [-0.2, -0.15) is 0 Å². The van der Waals surface area contributed by atoms with Crippen molar-refractivity contribution in [3.05, 3.63) is 72.9 Å².